The number of benzene rings is 1. The summed E-state index contributed by atoms with van der Waals surface area (Å²) in [4.78, 5) is 8.38. The highest BCUT2D eigenvalue weighted by Crippen LogP contribution is 2.27. The van der Waals surface area contributed by atoms with Gasteiger partial charge in [0.25, 0.3) is 0 Å². The minimum absolute atomic E-state index is 0.799. The Morgan fingerprint density at radius 3 is 2.61 bits per heavy atom. The number of aryl methyl sites for hydroxylation is 1. The summed E-state index contributed by atoms with van der Waals surface area (Å²) >= 11 is 1.77. The molecule has 23 heavy (non-hydrogen) atoms. The molecule has 2 aromatic rings. The molecule has 1 saturated heterocycles. The van der Waals surface area contributed by atoms with Crippen LogP contribution in [0.3, 0.4) is 0 Å². The monoisotopic (exact) mass is 330 g/mol. The average molecular weight is 330 g/mol. The second-order valence-corrected chi connectivity index (χ2v) is 7.23. The first-order valence-corrected chi connectivity index (χ1v) is 9.57. The van der Waals surface area contributed by atoms with Crippen LogP contribution in [-0.2, 0) is 6.42 Å². The molecule has 0 atom stereocenters. The molecule has 1 aromatic heterocycles. The maximum absolute atomic E-state index is 5.87. The van der Waals surface area contributed by atoms with Gasteiger partial charge in [-0.3, -0.25) is 0 Å². The quantitative estimate of drug-likeness (QED) is 0.692. The Labute approximate surface area is 143 Å². The number of hydrogen-bond acceptors (Lipinski definition) is 4. The zero-order valence-corrected chi connectivity index (χ0v) is 14.8. The molecule has 124 valence electrons. The summed E-state index contributed by atoms with van der Waals surface area (Å²) in [7, 11) is 0. The van der Waals surface area contributed by atoms with E-state index >= 15 is 0 Å². The van der Waals surface area contributed by atoms with Gasteiger partial charge in [0.2, 0.25) is 0 Å². The Morgan fingerprint density at radius 1 is 1.13 bits per heavy atom. The van der Waals surface area contributed by atoms with E-state index in [0.29, 0.717) is 0 Å². The number of piperidine rings is 1. The van der Waals surface area contributed by atoms with E-state index in [9.17, 15) is 0 Å². The Hall–Kier alpha value is -1.39. The van der Waals surface area contributed by atoms with E-state index in [1.165, 1.54) is 42.8 Å². The molecule has 3 nitrogen and oxygen atoms in total. The van der Waals surface area contributed by atoms with Crippen LogP contribution in [0.2, 0.25) is 0 Å². The largest absolute Gasteiger partial charge is 0.494 e. The molecule has 3 rings (SSSR count). The average Bonchev–Trinajstić information content (AvgIpc) is 3.09. The highest BCUT2D eigenvalue weighted by Gasteiger charge is 2.09. The number of hydrogen-bond donors (Lipinski definition) is 0. The molecular weight excluding hydrogens is 304 g/mol. The van der Waals surface area contributed by atoms with Crippen molar-refractivity contribution in [2.75, 3.05) is 26.2 Å². The number of thiazole rings is 1. The lowest BCUT2D eigenvalue weighted by atomic mass is 10.1. The zero-order chi connectivity index (χ0) is 15.9. The van der Waals surface area contributed by atoms with E-state index in [1.807, 2.05) is 6.20 Å². The lowest BCUT2D eigenvalue weighted by Gasteiger charge is -2.26. The van der Waals surface area contributed by atoms with Gasteiger partial charge in [-0.15, -0.1) is 11.3 Å². The molecule has 1 aromatic carbocycles. The van der Waals surface area contributed by atoms with Gasteiger partial charge in [0.1, 0.15) is 10.8 Å². The molecule has 1 aliphatic heterocycles. The van der Waals surface area contributed by atoms with E-state index in [4.69, 9.17) is 4.74 Å². The molecule has 1 aliphatic rings. The van der Waals surface area contributed by atoms with Crippen molar-refractivity contribution in [3.8, 4) is 16.3 Å². The molecule has 2 heterocycles. The van der Waals surface area contributed by atoms with Crippen LogP contribution in [0.1, 0.15) is 37.5 Å². The maximum atomic E-state index is 5.87. The van der Waals surface area contributed by atoms with E-state index in [-0.39, 0.29) is 0 Å². The van der Waals surface area contributed by atoms with E-state index in [1.54, 1.807) is 11.3 Å². The number of ether oxygens (including phenoxy) is 1. The third-order valence-corrected chi connectivity index (χ3v) is 5.53. The number of aromatic nitrogens is 1. The first-order valence-electron chi connectivity index (χ1n) is 8.75. The van der Waals surface area contributed by atoms with Crippen molar-refractivity contribution in [2.45, 2.75) is 39.0 Å². The Bertz CT molecular complexity index is 588. The molecule has 0 N–H and O–H groups in total. The SMILES string of the molecule is CCc1cnc(-c2ccc(OCCCN3CCCCC3)cc2)s1. The van der Waals surface area contributed by atoms with Gasteiger partial charge in [-0.1, -0.05) is 13.3 Å². The van der Waals surface area contributed by atoms with Crippen LogP contribution in [0.4, 0.5) is 0 Å². The summed E-state index contributed by atoms with van der Waals surface area (Å²) in [6.07, 6.45) is 8.25. The summed E-state index contributed by atoms with van der Waals surface area (Å²) in [6, 6.07) is 8.34. The molecule has 0 amide bonds. The Kier molecular flexibility index (Phi) is 6.06. The van der Waals surface area contributed by atoms with Crippen LogP contribution in [0.15, 0.2) is 30.5 Å². The summed E-state index contributed by atoms with van der Waals surface area (Å²) in [5.41, 5.74) is 1.18. The summed E-state index contributed by atoms with van der Waals surface area (Å²) in [5, 5.41) is 1.10. The van der Waals surface area contributed by atoms with Gasteiger partial charge in [0, 0.05) is 23.2 Å². The minimum Gasteiger partial charge on any atom is -0.494 e. The predicted octanol–water partition coefficient (Wildman–Crippen LogP) is 4.63. The highest BCUT2D eigenvalue weighted by molar-refractivity contribution is 7.15. The van der Waals surface area contributed by atoms with Crippen molar-refractivity contribution >= 4 is 11.3 Å². The van der Waals surface area contributed by atoms with Gasteiger partial charge in [-0.05, 0) is 63.0 Å². The van der Waals surface area contributed by atoms with Crippen molar-refractivity contribution in [2.24, 2.45) is 0 Å². The van der Waals surface area contributed by atoms with Gasteiger partial charge >= 0.3 is 0 Å². The number of likely N-dealkylation sites (tertiary alicyclic amines) is 1. The van der Waals surface area contributed by atoms with E-state index < -0.39 is 0 Å². The molecule has 0 bridgehead atoms. The Morgan fingerprint density at radius 2 is 1.91 bits per heavy atom. The van der Waals surface area contributed by atoms with Crippen molar-refractivity contribution in [3.05, 3.63) is 35.3 Å². The lowest BCUT2D eigenvalue weighted by Crippen LogP contribution is -2.31. The summed E-state index contributed by atoms with van der Waals surface area (Å²) < 4.78 is 5.87. The number of nitrogens with zero attached hydrogens (tertiary/aromatic N) is 2. The van der Waals surface area contributed by atoms with E-state index in [0.717, 1.165) is 36.8 Å². The van der Waals surface area contributed by atoms with Crippen LogP contribution >= 0.6 is 11.3 Å². The van der Waals surface area contributed by atoms with Crippen molar-refractivity contribution in [1.82, 2.24) is 9.88 Å². The molecule has 0 radical (unpaired) electrons. The second-order valence-electron chi connectivity index (χ2n) is 6.11. The third kappa shape index (κ3) is 4.79. The van der Waals surface area contributed by atoms with Crippen molar-refractivity contribution in [1.29, 1.82) is 0 Å². The van der Waals surface area contributed by atoms with Crippen LogP contribution in [-0.4, -0.2) is 36.1 Å². The van der Waals surface area contributed by atoms with Gasteiger partial charge in [0.05, 0.1) is 6.61 Å². The van der Waals surface area contributed by atoms with Crippen LogP contribution in [0.5, 0.6) is 5.75 Å². The fraction of sp³-hybridized carbons (Fsp3) is 0.526. The lowest BCUT2D eigenvalue weighted by molar-refractivity contribution is 0.205. The van der Waals surface area contributed by atoms with E-state index in [2.05, 4.69) is 41.1 Å². The van der Waals surface area contributed by atoms with Crippen LogP contribution < -0.4 is 4.74 Å². The summed E-state index contributed by atoms with van der Waals surface area (Å²) in [6.45, 7) is 6.66. The van der Waals surface area contributed by atoms with Crippen molar-refractivity contribution < 1.29 is 4.74 Å². The van der Waals surface area contributed by atoms with Gasteiger partial charge in [-0.25, -0.2) is 4.98 Å². The third-order valence-electron chi connectivity index (χ3n) is 4.34. The first-order chi connectivity index (χ1) is 11.3. The fourth-order valence-corrected chi connectivity index (χ4v) is 3.82. The molecule has 0 spiro atoms. The Balaban J connectivity index is 1.44. The molecule has 0 unspecified atom stereocenters. The van der Waals surface area contributed by atoms with Crippen molar-refractivity contribution in [3.63, 3.8) is 0 Å². The standard InChI is InChI=1S/C19H26N2OS/c1-2-18-15-20-19(23-18)16-7-9-17(10-8-16)22-14-6-13-21-11-4-3-5-12-21/h7-10,15H,2-6,11-14H2,1H3. The summed E-state index contributed by atoms with van der Waals surface area (Å²) in [5.74, 6) is 0.958. The second kappa shape index (κ2) is 8.46. The normalized spacial score (nSPS) is 15.7. The zero-order valence-electron chi connectivity index (χ0n) is 14.0. The maximum Gasteiger partial charge on any atom is 0.123 e. The molecular formula is C19H26N2OS. The molecule has 0 aliphatic carbocycles. The van der Waals surface area contributed by atoms with Gasteiger partial charge in [-0.2, -0.15) is 0 Å². The molecule has 1 fully saturated rings. The van der Waals surface area contributed by atoms with Crippen LogP contribution in [0.25, 0.3) is 10.6 Å². The minimum atomic E-state index is 0.799. The first kappa shape index (κ1) is 16.5. The van der Waals surface area contributed by atoms with Gasteiger partial charge < -0.3 is 9.64 Å². The highest BCUT2D eigenvalue weighted by atomic mass is 32.1. The smallest absolute Gasteiger partial charge is 0.123 e. The molecule has 4 heteroatoms. The predicted molar refractivity (Wildman–Crippen MR) is 97.3 cm³/mol. The topological polar surface area (TPSA) is 25.4 Å². The van der Waals surface area contributed by atoms with Gasteiger partial charge in [0.15, 0.2) is 0 Å². The molecule has 0 saturated carbocycles. The fourth-order valence-electron chi connectivity index (χ4n) is 2.96. The number of rotatable bonds is 7. The van der Waals surface area contributed by atoms with Crippen LogP contribution in [0, 0.1) is 0 Å².